The van der Waals surface area contributed by atoms with Crippen LogP contribution in [0.15, 0.2) is 12.2 Å². The lowest BCUT2D eigenvalue weighted by atomic mass is 9.53. The summed E-state index contributed by atoms with van der Waals surface area (Å²) in [6.07, 6.45) is 15.9. The fraction of sp³-hybridized carbons (Fsp3) is 0.889. The molecule has 0 bridgehead atoms. The number of allylic oxidation sites excluding steroid dienone is 2. The quantitative estimate of drug-likeness (QED) is 0.656. The second-order valence-corrected chi connectivity index (χ2v) is 8.31. The monoisotopic (exact) mass is 258 g/mol. The fourth-order valence-electron chi connectivity index (χ4n) is 7.04. The first-order valence-electron chi connectivity index (χ1n) is 8.63. The maximum absolute atomic E-state index is 10.1. The number of hydrogen-bond acceptors (Lipinski definition) is 1. The highest BCUT2D eigenvalue weighted by Gasteiger charge is 2.67. The Kier molecular flexibility index (Phi) is 2.19. The SMILES string of the molecule is OC1CCC2C3CCC4C=CCC4C3CC3CC32C1. The third kappa shape index (κ3) is 1.41. The first-order valence-corrected chi connectivity index (χ1v) is 8.63. The van der Waals surface area contributed by atoms with Crippen LogP contribution < -0.4 is 0 Å². The Morgan fingerprint density at radius 3 is 2.84 bits per heavy atom. The molecule has 0 aromatic rings. The molecule has 0 heterocycles. The van der Waals surface area contributed by atoms with E-state index < -0.39 is 0 Å². The van der Waals surface area contributed by atoms with Crippen molar-refractivity contribution in [2.24, 2.45) is 40.9 Å². The zero-order chi connectivity index (χ0) is 12.6. The van der Waals surface area contributed by atoms with Crippen LogP contribution >= 0.6 is 0 Å². The summed E-state index contributed by atoms with van der Waals surface area (Å²) in [7, 11) is 0. The maximum atomic E-state index is 10.1. The van der Waals surface area contributed by atoms with E-state index in [9.17, 15) is 5.11 Å². The van der Waals surface area contributed by atoms with Gasteiger partial charge in [0.15, 0.2) is 0 Å². The van der Waals surface area contributed by atoms with Crippen LogP contribution in [0.1, 0.15) is 51.4 Å². The van der Waals surface area contributed by atoms with Crippen LogP contribution in [0.2, 0.25) is 0 Å². The summed E-state index contributed by atoms with van der Waals surface area (Å²) in [6.45, 7) is 0. The highest BCUT2D eigenvalue weighted by Crippen LogP contribution is 2.74. The minimum Gasteiger partial charge on any atom is -0.393 e. The van der Waals surface area contributed by atoms with Crippen LogP contribution in [0, 0.1) is 40.9 Å². The van der Waals surface area contributed by atoms with Gasteiger partial charge >= 0.3 is 0 Å². The summed E-state index contributed by atoms with van der Waals surface area (Å²) < 4.78 is 0. The van der Waals surface area contributed by atoms with Gasteiger partial charge in [-0.25, -0.2) is 0 Å². The molecule has 1 N–H and O–H groups in total. The van der Waals surface area contributed by atoms with Gasteiger partial charge in [0.1, 0.15) is 0 Å². The molecule has 0 aromatic heterocycles. The molecule has 4 fully saturated rings. The van der Waals surface area contributed by atoms with Crippen molar-refractivity contribution < 1.29 is 5.11 Å². The summed E-state index contributed by atoms with van der Waals surface area (Å²) in [5, 5.41) is 10.1. The lowest BCUT2D eigenvalue weighted by Gasteiger charge is -2.52. The molecule has 5 aliphatic carbocycles. The molecule has 0 aliphatic heterocycles. The van der Waals surface area contributed by atoms with Gasteiger partial charge < -0.3 is 5.11 Å². The molecule has 0 amide bonds. The Labute approximate surface area is 116 Å². The number of rotatable bonds is 0. The van der Waals surface area contributed by atoms with Crippen molar-refractivity contribution in [3.05, 3.63) is 12.2 Å². The second-order valence-electron chi connectivity index (χ2n) is 8.31. The van der Waals surface area contributed by atoms with Crippen LogP contribution in [0.3, 0.4) is 0 Å². The highest BCUT2D eigenvalue weighted by atomic mass is 16.3. The van der Waals surface area contributed by atoms with Crippen LogP contribution in [0.5, 0.6) is 0 Å². The van der Waals surface area contributed by atoms with Crippen molar-refractivity contribution in [1.82, 2.24) is 0 Å². The number of aliphatic hydroxyl groups is 1. The number of hydrogen-bond donors (Lipinski definition) is 1. The molecule has 19 heavy (non-hydrogen) atoms. The van der Waals surface area contributed by atoms with Gasteiger partial charge in [0.2, 0.25) is 0 Å². The molecule has 4 saturated carbocycles. The van der Waals surface area contributed by atoms with E-state index in [1.807, 2.05) is 0 Å². The molecule has 5 rings (SSSR count). The summed E-state index contributed by atoms with van der Waals surface area (Å²) in [4.78, 5) is 0. The molecule has 104 valence electrons. The third-order valence-corrected chi connectivity index (χ3v) is 7.79. The van der Waals surface area contributed by atoms with Gasteiger partial charge in [-0.05, 0) is 92.3 Å². The van der Waals surface area contributed by atoms with E-state index in [1.54, 1.807) is 0 Å². The Bertz CT molecular complexity index is 427. The maximum Gasteiger partial charge on any atom is 0.0545 e. The van der Waals surface area contributed by atoms with E-state index in [1.165, 1.54) is 38.5 Å². The van der Waals surface area contributed by atoms with Gasteiger partial charge in [0, 0.05) is 0 Å². The Morgan fingerprint density at radius 2 is 1.89 bits per heavy atom. The van der Waals surface area contributed by atoms with Gasteiger partial charge in [-0.3, -0.25) is 0 Å². The summed E-state index contributed by atoms with van der Waals surface area (Å²) >= 11 is 0. The van der Waals surface area contributed by atoms with Crippen LogP contribution in [0.4, 0.5) is 0 Å². The summed E-state index contributed by atoms with van der Waals surface area (Å²) in [5.41, 5.74) is 0.623. The first-order chi connectivity index (χ1) is 9.28. The molecule has 0 aromatic carbocycles. The standard InChI is InChI=1S/C18H26O/c19-13-5-7-17-15-6-4-11-2-1-3-14(11)16(15)8-12-9-18(12,17)10-13/h1-2,11-17,19H,3-10H2. The normalized spacial score (nSPS) is 61.8. The van der Waals surface area contributed by atoms with Gasteiger partial charge in [-0.2, -0.15) is 0 Å². The van der Waals surface area contributed by atoms with Crippen molar-refractivity contribution in [2.75, 3.05) is 0 Å². The van der Waals surface area contributed by atoms with Crippen LogP contribution in [-0.2, 0) is 0 Å². The van der Waals surface area contributed by atoms with Crippen molar-refractivity contribution in [2.45, 2.75) is 57.5 Å². The predicted molar refractivity (Wildman–Crippen MR) is 75.5 cm³/mol. The molecule has 5 aliphatic rings. The molecular weight excluding hydrogens is 232 g/mol. The van der Waals surface area contributed by atoms with E-state index in [4.69, 9.17) is 0 Å². The van der Waals surface area contributed by atoms with E-state index in [0.717, 1.165) is 48.3 Å². The van der Waals surface area contributed by atoms with E-state index in [0.29, 0.717) is 5.41 Å². The van der Waals surface area contributed by atoms with Gasteiger partial charge in [-0.1, -0.05) is 12.2 Å². The van der Waals surface area contributed by atoms with Crippen LogP contribution in [-0.4, -0.2) is 11.2 Å². The second kappa shape index (κ2) is 3.67. The van der Waals surface area contributed by atoms with Crippen molar-refractivity contribution in [1.29, 1.82) is 0 Å². The molecular formula is C18H26O. The van der Waals surface area contributed by atoms with E-state index >= 15 is 0 Å². The smallest absolute Gasteiger partial charge is 0.0545 e. The molecule has 1 spiro atoms. The first kappa shape index (κ1) is 11.4. The highest BCUT2D eigenvalue weighted by molar-refractivity contribution is 5.18. The van der Waals surface area contributed by atoms with E-state index in [2.05, 4.69) is 12.2 Å². The minimum atomic E-state index is 0.0299. The van der Waals surface area contributed by atoms with Gasteiger partial charge in [0.25, 0.3) is 0 Å². The zero-order valence-corrected chi connectivity index (χ0v) is 11.8. The van der Waals surface area contributed by atoms with Gasteiger partial charge in [0.05, 0.1) is 6.10 Å². The number of aliphatic hydroxyl groups excluding tert-OH is 1. The third-order valence-electron chi connectivity index (χ3n) is 7.79. The van der Waals surface area contributed by atoms with Crippen LogP contribution in [0.25, 0.3) is 0 Å². The van der Waals surface area contributed by atoms with Crippen molar-refractivity contribution >= 4 is 0 Å². The number of fused-ring (bicyclic) bond motifs is 4. The Morgan fingerprint density at radius 1 is 0.947 bits per heavy atom. The largest absolute Gasteiger partial charge is 0.393 e. The molecule has 8 atom stereocenters. The molecule has 0 radical (unpaired) electrons. The molecule has 8 unspecified atom stereocenters. The fourth-order valence-corrected chi connectivity index (χ4v) is 7.04. The average Bonchev–Trinajstić information content (AvgIpc) is 2.87. The molecule has 0 saturated heterocycles. The zero-order valence-electron chi connectivity index (χ0n) is 11.8. The predicted octanol–water partition coefficient (Wildman–Crippen LogP) is 3.78. The minimum absolute atomic E-state index is 0.0299. The van der Waals surface area contributed by atoms with Crippen molar-refractivity contribution in [3.63, 3.8) is 0 Å². The Hall–Kier alpha value is -0.300. The lowest BCUT2D eigenvalue weighted by molar-refractivity contribution is -0.0520. The Balaban J connectivity index is 1.46. The average molecular weight is 258 g/mol. The van der Waals surface area contributed by atoms with Crippen molar-refractivity contribution in [3.8, 4) is 0 Å². The lowest BCUT2D eigenvalue weighted by Crippen LogP contribution is -2.46. The summed E-state index contributed by atoms with van der Waals surface area (Å²) in [6, 6.07) is 0. The molecule has 1 nitrogen and oxygen atoms in total. The van der Waals surface area contributed by atoms with E-state index in [-0.39, 0.29) is 6.10 Å². The topological polar surface area (TPSA) is 20.2 Å². The molecule has 1 heteroatoms. The summed E-state index contributed by atoms with van der Waals surface area (Å²) in [5.74, 6) is 5.97. The van der Waals surface area contributed by atoms with Gasteiger partial charge in [-0.15, -0.1) is 0 Å².